The molecular formula is C25H42N8O3. The molecule has 1 aromatic carbocycles. The Morgan fingerprint density at radius 3 is 2.08 bits per heavy atom. The van der Waals surface area contributed by atoms with Crippen LogP contribution >= 0.6 is 0 Å². The Bertz CT molecular complexity index is 854. The van der Waals surface area contributed by atoms with Gasteiger partial charge in [0.1, 0.15) is 0 Å². The van der Waals surface area contributed by atoms with Crippen LogP contribution in [0.1, 0.15) is 49.9 Å². The molecule has 0 aliphatic heterocycles. The molecule has 0 saturated carbocycles. The van der Waals surface area contributed by atoms with E-state index < -0.39 is 0 Å². The minimum absolute atomic E-state index is 0.104. The Kier molecular flexibility index (Phi) is 14.8. The maximum atomic E-state index is 11.9. The number of amides is 1. The molecule has 1 aromatic heterocycles. The number of hydrogen-bond acceptors (Lipinski definition) is 10. The second kappa shape index (κ2) is 18.3. The number of aromatic nitrogens is 3. The zero-order valence-electron chi connectivity index (χ0n) is 21.6. The number of anilines is 3. The Hall–Kier alpha value is -3.02. The van der Waals surface area contributed by atoms with Crippen molar-refractivity contribution in [1.29, 1.82) is 0 Å². The molecule has 1 amide bonds. The highest BCUT2D eigenvalue weighted by Crippen LogP contribution is 2.11. The molecule has 0 unspecified atom stereocenters. The summed E-state index contributed by atoms with van der Waals surface area (Å²) in [4.78, 5) is 25.3. The lowest BCUT2D eigenvalue weighted by molar-refractivity contribution is 0.0519. The van der Waals surface area contributed by atoms with Crippen LogP contribution in [-0.2, 0) is 9.47 Å². The fourth-order valence-corrected chi connectivity index (χ4v) is 3.17. The largest absolute Gasteiger partial charge is 0.377 e. The number of unbranched alkanes of at least 4 members (excludes halogenated alkanes) is 3. The third-order valence-corrected chi connectivity index (χ3v) is 4.94. The Labute approximate surface area is 214 Å². The van der Waals surface area contributed by atoms with E-state index in [0.29, 0.717) is 62.9 Å². The molecule has 0 aliphatic rings. The summed E-state index contributed by atoms with van der Waals surface area (Å²) in [5.41, 5.74) is 6.18. The molecule has 0 fully saturated rings. The summed E-state index contributed by atoms with van der Waals surface area (Å²) in [5, 5.41) is 12.5. The molecule has 6 N–H and O–H groups in total. The molecule has 36 heavy (non-hydrogen) atoms. The monoisotopic (exact) mass is 502 g/mol. The number of carbonyl (C=O) groups excluding carboxylic acids is 1. The van der Waals surface area contributed by atoms with Gasteiger partial charge < -0.3 is 36.5 Å². The van der Waals surface area contributed by atoms with Gasteiger partial charge in [-0.05, 0) is 45.4 Å². The van der Waals surface area contributed by atoms with Crippen molar-refractivity contribution in [2.24, 2.45) is 5.73 Å². The maximum absolute atomic E-state index is 11.9. The van der Waals surface area contributed by atoms with Crippen LogP contribution < -0.4 is 27.0 Å². The topological polar surface area (TPSA) is 148 Å². The zero-order chi connectivity index (χ0) is 25.8. The molecule has 11 heteroatoms. The highest BCUT2D eigenvalue weighted by atomic mass is 16.5. The predicted molar refractivity (Wildman–Crippen MR) is 144 cm³/mol. The summed E-state index contributed by atoms with van der Waals surface area (Å²) in [6.45, 7) is 8.44. The van der Waals surface area contributed by atoms with Gasteiger partial charge in [0, 0.05) is 31.2 Å². The third-order valence-electron chi connectivity index (χ3n) is 4.94. The first-order chi connectivity index (χ1) is 17.6. The number of hydrogen-bond donors (Lipinski definition) is 5. The van der Waals surface area contributed by atoms with Gasteiger partial charge in [0.2, 0.25) is 17.8 Å². The summed E-state index contributed by atoms with van der Waals surface area (Å²) in [6.07, 6.45) is 4.36. The van der Waals surface area contributed by atoms with E-state index in [1.807, 2.05) is 32.0 Å². The molecule has 0 spiro atoms. The summed E-state index contributed by atoms with van der Waals surface area (Å²) in [7, 11) is 0. The third kappa shape index (κ3) is 13.2. The first kappa shape index (κ1) is 29.2. The lowest BCUT2D eigenvalue weighted by Crippen LogP contribution is -2.27. The normalized spacial score (nSPS) is 10.9. The highest BCUT2D eigenvalue weighted by Gasteiger charge is 2.07. The maximum Gasteiger partial charge on any atom is 0.251 e. The van der Waals surface area contributed by atoms with E-state index in [-0.39, 0.29) is 11.9 Å². The van der Waals surface area contributed by atoms with Crippen LogP contribution in [0.3, 0.4) is 0 Å². The van der Waals surface area contributed by atoms with Gasteiger partial charge in [0.25, 0.3) is 5.91 Å². The molecule has 0 aliphatic carbocycles. The van der Waals surface area contributed by atoms with Crippen molar-refractivity contribution in [1.82, 2.24) is 20.3 Å². The van der Waals surface area contributed by atoms with Gasteiger partial charge in [-0.25, -0.2) is 0 Å². The molecule has 0 atom stereocenters. The van der Waals surface area contributed by atoms with Gasteiger partial charge in [0.05, 0.1) is 26.4 Å². The molecule has 2 rings (SSSR count). The molecule has 0 radical (unpaired) electrons. The van der Waals surface area contributed by atoms with E-state index in [1.165, 1.54) is 0 Å². The summed E-state index contributed by atoms with van der Waals surface area (Å²) >= 11 is 0. The highest BCUT2D eigenvalue weighted by molar-refractivity contribution is 5.94. The van der Waals surface area contributed by atoms with Crippen LogP contribution in [0, 0.1) is 0 Å². The van der Waals surface area contributed by atoms with Crippen LogP contribution in [0.25, 0.3) is 0 Å². The Balaban J connectivity index is 1.59. The molecule has 0 bridgehead atoms. The van der Waals surface area contributed by atoms with E-state index in [1.54, 1.807) is 12.1 Å². The van der Waals surface area contributed by atoms with Gasteiger partial charge in [-0.15, -0.1) is 0 Å². The smallest absolute Gasteiger partial charge is 0.251 e. The quantitative estimate of drug-likeness (QED) is 0.171. The number of benzene rings is 1. The van der Waals surface area contributed by atoms with Crippen LogP contribution in [-0.4, -0.2) is 79.5 Å². The van der Waals surface area contributed by atoms with Crippen molar-refractivity contribution < 1.29 is 14.3 Å². The van der Waals surface area contributed by atoms with Gasteiger partial charge in [-0.2, -0.15) is 15.0 Å². The summed E-state index contributed by atoms with van der Waals surface area (Å²) < 4.78 is 11.1. The number of nitrogens with zero attached hydrogens (tertiary/aromatic N) is 3. The predicted octanol–water partition coefficient (Wildman–Crippen LogP) is 2.50. The lowest BCUT2D eigenvalue weighted by Gasteiger charge is -2.13. The van der Waals surface area contributed by atoms with Crippen molar-refractivity contribution in [3.8, 4) is 0 Å². The molecule has 0 saturated heterocycles. The van der Waals surface area contributed by atoms with Crippen molar-refractivity contribution in [3.05, 3.63) is 35.9 Å². The van der Waals surface area contributed by atoms with Crippen molar-refractivity contribution in [2.45, 2.75) is 45.6 Å². The second-order valence-electron chi connectivity index (χ2n) is 8.51. The first-order valence-electron chi connectivity index (χ1n) is 12.8. The average molecular weight is 503 g/mol. The lowest BCUT2D eigenvalue weighted by atomic mass is 10.2. The zero-order valence-corrected chi connectivity index (χ0v) is 21.6. The van der Waals surface area contributed by atoms with E-state index in [9.17, 15) is 4.79 Å². The van der Waals surface area contributed by atoms with Crippen molar-refractivity contribution >= 4 is 23.8 Å². The second-order valence-corrected chi connectivity index (χ2v) is 8.51. The van der Waals surface area contributed by atoms with Crippen LogP contribution in [0.4, 0.5) is 17.8 Å². The van der Waals surface area contributed by atoms with Crippen LogP contribution in [0.5, 0.6) is 0 Å². The number of nitrogens with two attached hydrogens (primary N) is 1. The number of rotatable bonds is 20. The van der Waals surface area contributed by atoms with E-state index in [0.717, 1.165) is 38.8 Å². The summed E-state index contributed by atoms with van der Waals surface area (Å²) in [6, 6.07) is 9.31. The molecular weight excluding hydrogens is 460 g/mol. The molecule has 2 aromatic rings. The molecule has 200 valence electrons. The van der Waals surface area contributed by atoms with Gasteiger partial charge in [-0.1, -0.05) is 31.0 Å². The minimum atomic E-state index is -0.104. The van der Waals surface area contributed by atoms with Crippen LogP contribution in [0.2, 0.25) is 0 Å². The van der Waals surface area contributed by atoms with E-state index in [2.05, 4.69) is 36.2 Å². The Morgan fingerprint density at radius 2 is 1.42 bits per heavy atom. The first-order valence-corrected chi connectivity index (χ1v) is 12.8. The number of nitrogens with one attached hydrogen (secondary N) is 4. The van der Waals surface area contributed by atoms with Crippen molar-refractivity contribution in [3.63, 3.8) is 0 Å². The standard InChI is InChI=1S/C25H42N8O3/c1-20(2)30-25-32-23(28-13-9-4-3-8-12-26)31-24(33-25)29-15-17-36-19-18-35-16-14-27-22(34)21-10-6-5-7-11-21/h5-7,10-11,20H,3-4,8-9,12-19,26H2,1-2H3,(H,27,34)(H3,28,29,30,31,32,33). The number of carbonyl (C=O) groups is 1. The van der Waals surface area contributed by atoms with Gasteiger partial charge in [0.15, 0.2) is 0 Å². The van der Waals surface area contributed by atoms with Gasteiger partial charge in [-0.3, -0.25) is 4.79 Å². The molecule has 11 nitrogen and oxygen atoms in total. The van der Waals surface area contributed by atoms with E-state index >= 15 is 0 Å². The minimum Gasteiger partial charge on any atom is -0.377 e. The Morgan fingerprint density at radius 1 is 0.806 bits per heavy atom. The number of ether oxygens (including phenoxy) is 2. The van der Waals surface area contributed by atoms with E-state index in [4.69, 9.17) is 15.2 Å². The fourth-order valence-electron chi connectivity index (χ4n) is 3.17. The molecule has 1 heterocycles. The van der Waals surface area contributed by atoms with Gasteiger partial charge >= 0.3 is 0 Å². The van der Waals surface area contributed by atoms with Crippen LogP contribution in [0.15, 0.2) is 30.3 Å². The SMILES string of the molecule is CC(C)Nc1nc(NCCCCCCN)nc(NCCOCCOCCNC(=O)c2ccccc2)n1. The van der Waals surface area contributed by atoms with Crippen molar-refractivity contribution in [2.75, 3.05) is 68.6 Å². The fraction of sp³-hybridized carbons (Fsp3) is 0.600. The average Bonchev–Trinajstić information content (AvgIpc) is 2.87. The summed E-state index contributed by atoms with van der Waals surface area (Å²) in [5.74, 6) is 1.46.